The van der Waals surface area contributed by atoms with Gasteiger partial charge < -0.3 is 19.4 Å². The highest BCUT2D eigenvalue weighted by molar-refractivity contribution is 7.26. The number of aliphatic imine (C=N–C) groups is 2. The summed E-state index contributed by atoms with van der Waals surface area (Å²) in [7, 11) is 0. The first-order valence-corrected chi connectivity index (χ1v) is 23.5. The third-order valence-electron chi connectivity index (χ3n) is 13.1. The zero-order valence-electron chi connectivity index (χ0n) is 34.4. The fraction of sp³-hybridized carbons (Fsp3) is 0.0526. The first kappa shape index (κ1) is 36.0. The van der Waals surface area contributed by atoms with Crippen molar-refractivity contribution >= 4 is 113 Å². The molecule has 0 N–H and O–H groups in total. The lowest BCUT2D eigenvalue weighted by Gasteiger charge is -2.32. The second kappa shape index (κ2) is 14.0. The van der Waals surface area contributed by atoms with Gasteiger partial charge in [0, 0.05) is 73.4 Å². The summed E-state index contributed by atoms with van der Waals surface area (Å²) in [6.07, 6.45) is 6.20. The number of hydrogen-bond acceptors (Lipinski definition) is 4. The topological polar surface area (TPSA) is 48.7 Å². The van der Waals surface area contributed by atoms with E-state index in [4.69, 9.17) is 15.3 Å². The monoisotopic (exact) mass is 854 g/mol. The molecular formula is C57H36N5S2-. The van der Waals surface area contributed by atoms with E-state index in [0.29, 0.717) is 11.7 Å². The first-order chi connectivity index (χ1) is 31.7. The molecular weight excluding hydrogens is 819 g/mol. The van der Waals surface area contributed by atoms with Crippen LogP contribution >= 0.6 is 22.7 Å². The Morgan fingerprint density at radius 3 is 2.06 bits per heavy atom. The number of thiophene rings is 2. The molecule has 1 aliphatic carbocycles. The van der Waals surface area contributed by atoms with Crippen LogP contribution < -0.4 is 0 Å². The molecule has 1 atom stereocenters. The summed E-state index contributed by atoms with van der Waals surface area (Å²) in [4.78, 5) is 10.8. The Kier molecular flexibility index (Phi) is 7.84. The number of nitrogens with zero attached hydrogens (tertiary/aromatic N) is 5. The van der Waals surface area contributed by atoms with Crippen LogP contribution in [0.5, 0.6) is 0 Å². The average molecular weight is 855 g/mol. The summed E-state index contributed by atoms with van der Waals surface area (Å²) in [5.41, 5.74) is 11.5. The molecule has 0 radical (unpaired) electrons. The van der Waals surface area contributed by atoms with Crippen LogP contribution in [0.3, 0.4) is 0 Å². The Morgan fingerprint density at radius 2 is 1.20 bits per heavy atom. The number of allylic oxidation sites excluding steroid dienone is 1. The molecule has 5 nitrogen and oxygen atoms in total. The Balaban J connectivity index is 1.07. The Morgan fingerprint density at radius 1 is 0.531 bits per heavy atom. The molecule has 0 bridgehead atoms. The molecule has 0 saturated carbocycles. The van der Waals surface area contributed by atoms with Crippen LogP contribution in [0.15, 0.2) is 192 Å². The van der Waals surface area contributed by atoms with Crippen molar-refractivity contribution < 1.29 is 0 Å². The molecule has 14 rings (SSSR count). The van der Waals surface area contributed by atoms with Gasteiger partial charge >= 0.3 is 0 Å². The van der Waals surface area contributed by atoms with E-state index in [0.717, 1.165) is 40.7 Å². The van der Waals surface area contributed by atoms with Crippen LogP contribution in [-0.2, 0) is 6.42 Å². The number of rotatable bonds is 5. The van der Waals surface area contributed by atoms with Crippen LogP contribution in [0, 0.1) is 0 Å². The summed E-state index contributed by atoms with van der Waals surface area (Å²) in [6, 6.07) is 63.7. The zero-order valence-corrected chi connectivity index (χ0v) is 36.1. The smallest absolute Gasteiger partial charge is 0.0822 e. The number of aromatic nitrogens is 2. The molecule has 8 aromatic carbocycles. The first-order valence-electron chi connectivity index (χ1n) is 21.8. The van der Waals surface area contributed by atoms with E-state index in [2.05, 4.69) is 191 Å². The van der Waals surface area contributed by atoms with E-state index in [1.54, 1.807) is 0 Å². The summed E-state index contributed by atoms with van der Waals surface area (Å²) >= 11 is 3.65. The van der Waals surface area contributed by atoms with Crippen molar-refractivity contribution in [3.05, 3.63) is 215 Å². The van der Waals surface area contributed by atoms with Gasteiger partial charge in [-0.25, -0.2) is 0 Å². The van der Waals surface area contributed by atoms with Crippen molar-refractivity contribution in [3.63, 3.8) is 0 Å². The van der Waals surface area contributed by atoms with Crippen LogP contribution in [0.2, 0.25) is 0 Å². The van der Waals surface area contributed by atoms with Crippen molar-refractivity contribution in [3.8, 4) is 11.4 Å². The minimum atomic E-state index is -0.472. The van der Waals surface area contributed by atoms with E-state index < -0.39 is 6.17 Å². The van der Waals surface area contributed by atoms with E-state index in [1.165, 1.54) is 84.5 Å². The Bertz CT molecular complexity index is 3990. The maximum Gasteiger partial charge on any atom is 0.0822 e. The van der Waals surface area contributed by atoms with Crippen molar-refractivity contribution in [2.24, 2.45) is 9.98 Å². The van der Waals surface area contributed by atoms with Crippen LogP contribution in [-0.4, -0.2) is 20.8 Å². The van der Waals surface area contributed by atoms with E-state index >= 15 is 0 Å². The van der Waals surface area contributed by atoms with E-state index in [-0.39, 0.29) is 0 Å². The summed E-state index contributed by atoms with van der Waals surface area (Å²) in [5.74, 6) is 1.36. The number of benzene rings is 8. The minimum absolute atomic E-state index is 0.472. The third-order valence-corrected chi connectivity index (χ3v) is 15.4. The zero-order chi connectivity index (χ0) is 41.9. The minimum Gasteiger partial charge on any atom is -0.438 e. The lowest BCUT2D eigenvalue weighted by Crippen LogP contribution is -2.16. The van der Waals surface area contributed by atoms with Gasteiger partial charge in [0.1, 0.15) is 0 Å². The van der Waals surface area contributed by atoms with Gasteiger partial charge in [-0.1, -0.05) is 145 Å². The fourth-order valence-electron chi connectivity index (χ4n) is 10.3. The number of amidine groups is 2. The lowest BCUT2D eigenvalue weighted by atomic mass is 10.0. The molecule has 302 valence electrons. The van der Waals surface area contributed by atoms with Crippen molar-refractivity contribution in [1.82, 2.24) is 9.13 Å². The molecule has 64 heavy (non-hydrogen) atoms. The van der Waals surface area contributed by atoms with Crippen molar-refractivity contribution in [2.45, 2.75) is 19.0 Å². The molecule has 5 heterocycles. The average Bonchev–Trinajstić information content (AvgIpc) is 4.11. The van der Waals surface area contributed by atoms with Gasteiger partial charge in [0.25, 0.3) is 0 Å². The van der Waals surface area contributed by atoms with Gasteiger partial charge in [-0.2, -0.15) is 0 Å². The van der Waals surface area contributed by atoms with Crippen molar-refractivity contribution in [2.75, 3.05) is 0 Å². The molecule has 2 aliphatic rings. The molecule has 0 spiro atoms. The largest absolute Gasteiger partial charge is 0.438 e. The molecule has 4 aromatic heterocycles. The van der Waals surface area contributed by atoms with Gasteiger partial charge in [0.05, 0.1) is 34.2 Å². The maximum atomic E-state index is 5.47. The normalized spacial score (nSPS) is 15.2. The molecule has 0 saturated heterocycles. The molecule has 1 aliphatic heterocycles. The van der Waals surface area contributed by atoms with E-state index in [9.17, 15) is 0 Å². The number of fused-ring (bicyclic) bond motifs is 13. The maximum absolute atomic E-state index is 5.47. The number of hydrogen-bond donors (Lipinski definition) is 0. The van der Waals surface area contributed by atoms with Crippen LogP contribution in [0.4, 0.5) is 0 Å². The highest BCUT2D eigenvalue weighted by Gasteiger charge is 2.26. The van der Waals surface area contributed by atoms with Crippen LogP contribution in [0.25, 0.3) is 95.8 Å². The highest BCUT2D eigenvalue weighted by Crippen LogP contribution is 2.46. The van der Waals surface area contributed by atoms with Gasteiger partial charge in [-0.15, -0.1) is 22.7 Å². The highest BCUT2D eigenvalue weighted by atomic mass is 32.1. The predicted octanol–water partition coefficient (Wildman–Crippen LogP) is 15.7. The second-order valence-electron chi connectivity index (χ2n) is 16.8. The molecule has 1 unspecified atom stereocenters. The summed E-state index contributed by atoms with van der Waals surface area (Å²) in [6.45, 7) is 0. The fourth-order valence-corrected chi connectivity index (χ4v) is 12.7. The Labute approximate surface area is 376 Å². The number of para-hydroxylation sites is 2. The SMILES string of the molecule is C1=Cc2c(n(-c3ccccc3)c3c2ccc2c4ccccc4n(-c4cc(C5=NC(c6ccc7c(c6)sc6ccccc67)[N-]C(c6ccccc6)=N5)cc5sc6ccccc6c45)c23)CC1. The lowest BCUT2D eigenvalue weighted by molar-refractivity contribution is 0.880. The quantitative estimate of drug-likeness (QED) is 0.166. The van der Waals surface area contributed by atoms with E-state index in [1.807, 2.05) is 28.7 Å². The van der Waals surface area contributed by atoms with Crippen molar-refractivity contribution in [1.29, 1.82) is 0 Å². The molecule has 12 aromatic rings. The Hall–Kier alpha value is -7.58. The van der Waals surface area contributed by atoms with Gasteiger partial charge in [-0.3, -0.25) is 4.99 Å². The molecule has 7 heteroatoms. The summed E-state index contributed by atoms with van der Waals surface area (Å²) in [5, 5.41) is 14.0. The third kappa shape index (κ3) is 5.35. The predicted molar refractivity (Wildman–Crippen MR) is 273 cm³/mol. The van der Waals surface area contributed by atoms with Gasteiger partial charge in [-0.05, 0) is 78.1 Å². The summed E-state index contributed by atoms with van der Waals surface area (Å²) < 4.78 is 10.1. The molecule has 0 fully saturated rings. The standard InChI is InChI=1S/C57H36N5S2/c1-3-15-34(16-4-1)55-58-56(35-27-28-41-40-21-9-13-25-48(40)63-50(41)32-35)60-57(59-55)36-31-47(52-44-22-10-14-26-49(44)64-51(52)33-36)62-46-24-12-8-20-39(46)43-30-29-42-38-19-7-11-23-45(38)61(53(42)54(43)62)37-17-5-2-6-18-37/h1-10,12-22,24-33,56H,11,23H2/q-1. The second-order valence-corrected chi connectivity index (χ2v) is 18.9. The van der Waals surface area contributed by atoms with Gasteiger partial charge in [0.15, 0.2) is 0 Å². The van der Waals surface area contributed by atoms with Crippen LogP contribution in [0.1, 0.15) is 40.5 Å². The molecule has 0 amide bonds. The van der Waals surface area contributed by atoms with Gasteiger partial charge in [0.2, 0.25) is 0 Å².